The number of hydrogen-bond acceptors (Lipinski definition) is 6. The molecular weight excluding hydrogens is 324 g/mol. The molecular formula is C19H34O6. The summed E-state index contributed by atoms with van der Waals surface area (Å²) in [6, 6.07) is 0. The van der Waals surface area contributed by atoms with Gasteiger partial charge in [0, 0.05) is 0 Å². The predicted octanol–water partition coefficient (Wildman–Crippen LogP) is 5.23. The Labute approximate surface area is 151 Å². The summed E-state index contributed by atoms with van der Waals surface area (Å²) in [5.41, 5.74) is 0. The van der Waals surface area contributed by atoms with Crippen LogP contribution in [0.5, 0.6) is 0 Å². The van der Waals surface area contributed by atoms with Gasteiger partial charge < -0.3 is 18.9 Å². The van der Waals surface area contributed by atoms with Gasteiger partial charge in [-0.1, -0.05) is 39.5 Å². The van der Waals surface area contributed by atoms with Crippen LogP contribution in [0.2, 0.25) is 0 Å². The van der Waals surface area contributed by atoms with Crippen LogP contribution in [0.4, 0.5) is 9.59 Å². The lowest BCUT2D eigenvalue weighted by atomic mass is 9.95. The van der Waals surface area contributed by atoms with Gasteiger partial charge >= 0.3 is 12.3 Å². The second kappa shape index (κ2) is 12.8. The fourth-order valence-corrected chi connectivity index (χ4v) is 3.21. The molecule has 0 aromatic heterocycles. The first-order chi connectivity index (χ1) is 12.1. The Kier molecular flexibility index (Phi) is 11.1. The fourth-order valence-electron chi connectivity index (χ4n) is 3.21. The van der Waals surface area contributed by atoms with Crippen molar-refractivity contribution in [3.63, 3.8) is 0 Å². The molecule has 0 bridgehead atoms. The Hall–Kier alpha value is -1.46. The summed E-state index contributed by atoms with van der Waals surface area (Å²) in [6.07, 6.45) is 8.02. The number of ether oxygens (including phenoxy) is 4. The first-order valence-electron chi connectivity index (χ1n) is 9.67. The molecule has 0 heterocycles. The van der Waals surface area contributed by atoms with Crippen molar-refractivity contribution in [3.05, 3.63) is 0 Å². The van der Waals surface area contributed by atoms with E-state index >= 15 is 0 Å². The Balaban J connectivity index is 2.22. The van der Waals surface area contributed by atoms with Crippen LogP contribution in [0.25, 0.3) is 0 Å². The lowest BCUT2D eigenvalue weighted by Gasteiger charge is -2.27. The molecule has 1 rings (SSSR count). The van der Waals surface area contributed by atoms with Crippen molar-refractivity contribution in [1.29, 1.82) is 0 Å². The number of carbonyl (C=O) groups is 2. The van der Waals surface area contributed by atoms with Crippen LogP contribution >= 0.6 is 0 Å². The molecule has 1 saturated carbocycles. The maximum atomic E-state index is 11.9. The van der Waals surface area contributed by atoms with Crippen molar-refractivity contribution >= 4 is 12.3 Å². The lowest BCUT2D eigenvalue weighted by molar-refractivity contribution is -0.0262. The van der Waals surface area contributed by atoms with Gasteiger partial charge in [0.05, 0.1) is 13.7 Å². The Morgan fingerprint density at radius 2 is 1.48 bits per heavy atom. The molecule has 0 aliphatic heterocycles. The van der Waals surface area contributed by atoms with Gasteiger partial charge in [0.2, 0.25) is 0 Å². The van der Waals surface area contributed by atoms with Crippen molar-refractivity contribution in [2.45, 2.75) is 90.3 Å². The molecule has 146 valence electrons. The third-order valence-corrected chi connectivity index (χ3v) is 4.66. The summed E-state index contributed by atoms with van der Waals surface area (Å²) >= 11 is 0. The number of rotatable bonds is 10. The summed E-state index contributed by atoms with van der Waals surface area (Å²) < 4.78 is 20.3. The smallest absolute Gasteiger partial charge is 0.438 e. The van der Waals surface area contributed by atoms with Gasteiger partial charge in [-0.3, -0.25) is 0 Å². The van der Waals surface area contributed by atoms with E-state index in [0.717, 1.165) is 19.3 Å². The van der Waals surface area contributed by atoms with Crippen molar-refractivity contribution in [2.75, 3.05) is 13.7 Å². The average Bonchev–Trinajstić information content (AvgIpc) is 2.61. The molecule has 0 aromatic carbocycles. The maximum Gasteiger partial charge on any atom is 0.508 e. The standard InChI is InChI=1S/C19H34O6/c1-4-6-7-9-15(8-5-2)14-23-19(21)25-17-12-10-16(11-13-17)24-18(20)22-3/h15-17H,4-14H2,1-3H3. The molecule has 0 spiro atoms. The second-order valence-electron chi connectivity index (χ2n) is 6.80. The highest BCUT2D eigenvalue weighted by Gasteiger charge is 2.27. The molecule has 1 fully saturated rings. The van der Waals surface area contributed by atoms with Crippen molar-refractivity contribution in [3.8, 4) is 0 Å². The van der Waals surface area contributed by atoms with Gasteiger partial charge in [-0.2, -0.15) is 0 Å². The maximum absolute atomic E-state index is 11.9. The van der Waals surface area contributed by atoms with Gasteiger partial charge in [-0.25, -0.2) is 9.59 Å². The van der Waals surface area contributed by atoms with Gasteiger partial charge in [-0.05, 0) is 44.4 Å². The van der Waals surface area contributed by atoms with Crippen molar-refractivity contribution in [2.24, 2.45) is 5.92 Å². The Morgan fingerprint density at radius 1 is 0.880 bits per heavy atom. The topological polar surface area (TPSA) is 71.1 Å². The third kappa shape index (κ3) is 9.56. The minimum absolute atomic E-state index is 0.157. The molecule has 0 aromatic rings. The third-order valence-electron chi connectivity index (χ3n) is 4.66. The molecule has 6 heteroatoms. The highest BCUT2D eigenvalue weighted by atomic mass is 16.7. The van der Waals surface area contributed by atoms with Crippen LogP contribution in [0.3, 0.4) is 0 Å². The van der Waals surface area contributed by atoms with E-state index in [9.17, 15) is 9.59 Å². The van der Waals surface area contributed by atoms with E-state index in [4.69, 9.17) is 14.2 Å². The number of carbonyl (C=O) groups excluding carboxylic acids is 2. The summed E-state index contributed by atoms with van der Waals surface area (Å²) in [6.45, 7) is 4.78. The van der Waals surface area contributed by atoms with Gasteiger partial charge in [-0.15, -0.1) is 0 Å². The number of unbranched alkanes of at least 4 members (excludes halogenated alkanes) is 2. The summed E-state index contributed by atoms with van der Waals surface area (Å²) in [7, 11) is 1.29. The monoisotopic (exact) mass is 358 g/mol. The molecule has 25 heavy (non-hydrogen) atoms. The molecule has 0 saturated heterocycles. The quantitative estimate of drug-likeness (QED) is 0.393. The van der Waals surface area contributed by atoms with Crippen LogP contribution in [-0.4, -0.2) is 38.2 Å². The van der Waals surface area contributed by atoms with E-state index in [2.05, 4.69) is 18.6 Å². The first kappa shape index (κ1) is 21.6. The molecule has 1 aliphatic rings. The first-order valence-corrected chi connectivity index (χ1v) is 9.67. The normalized spacial score (nSPS) is 21.2. The van der Waals surface area contributed by atoms with E-state index < -0.39 is 12.3 Å². The summed E-state index contributed by atoms with van der Waals surface area (Å²) in [5, 5.41) is 0. The van der Waals surface area contributed by atoms with Gasteiger partial charge in [0.15, 0.2) is 0 Å². The van der Waals surface area contributed by atoms with E-state index in [1.165, 1.54) is 26.4 Å². The van der Waals surface area contributed by atoms with Gasteiger partial charge in [0.25, 0.3) is 0 Å². The molecule has 6 nitrogen and oxygen atoms in total. The van der Waals surface area contributed by atoms with E-state index in [0.29, 0.717) is 38.2 Å². The SMILES string of the molecule is CCCCCC(CCC)COC(=O)OC1CCC(OC(=O)OC)CC1. The predicted molar refractivity (Wildman–Crippen MR) is 94.5 cm³/mol. The van der Waals surface area contributed by atoms with Crippen LogP contribution in [0, 0.1) is 5.92 Å². The van der Waals surface area contributed by atoms with Gasteiger partial charge in [0.1, 0.15) is 12.2 Å². The minimum Gasteiger partial charge on any atom is -0.438 e. The van der Waals surface area contributed by atoms with Crippen LogP contribution in [0.15, 0.2) is 0 Å². The highest BCUT2D eigenvalue weighted by Crippen LogP contribution is 2.24. The van der Waals surface area contributed by atoms with Crippen molar-refractivity contribution in [1.82, 2.24) is 0 Å². The zero-order valence-electron chi connectivity index (χ0n) is 16.0. The van der Waals surface area contributed by atoms with E-state index in [-0.39, 0.29) is 12.2 Å². The molecule has 0 N–H and O–H groups in total. The average molecular weight is 358 g/mol. The van der Waals surface area contributed by atoms with E-state index in [1.54, 1.807) is 0 Å². The molecule has 1 unspecified atom stereocenters. The van der Waals surface area contributed by atoms with Crippen LogP contribution in [-0.2, 0) is 18.9 Å². The Morgan fingerprint density at radius 3 is 2.00 bits per heavy atom. The largest absolute Gasteiger partial charge is 0.508 e. The second-order valence-corrected chi connectivity index (χ2v) is 6.80. The van der Waals surface area contributed by atoms with Crippen LogP contribution in [0.1, 0.15) is 78.1 Å². The summed E-state index contributed by atoms with van der Waals surface area (Å²) in [4.78, 5) is 23.0. The molecule has 1 atom stereocenters. The Bertz CT molecular complexity index is 376. The number of hydrogen-bond donors (Lipinski definition) is 0. The molecule has 1 aliphatic carbocycles. The zero-order valence-corrected chi connectivity index (χ0v) is 16.0. The molecule has 0 amide bonds. The van der Waals surface area contributed by atoms with E-state index in [1.807, 2.05) is 0 Å². The molecule has 0 radical (unpaired) electrons. The van der Waals surface area contributed by atoms with Crippen molar-refractivity contribution < 1.29 is 28.5 Å². The highest BCUT2D eigenvalue weighted by molar-refractivity contribution is 5.60. The number of methoxy groups -OCH3 is 1. The van der Waals surface area contributed by atoms with Crippen LogP contribution < -0.4 is 0 Å². The minimum atomic E-state index is -0.659. The zero-order chi connectivity index (χ0) is 18.5. The summed E-state index contributed by atoms with van der Waals surface area (Å²) in [5.74, 6) is 0.424. The lowest BCUT2D eigenvalue weighted by Crippen LogP contribution is -2.30. The fraction of sp³-hybridized carbons (Fsp3) is 0.895.